The van der Waals surface area contributed by atoms with Gasteiger partial charge in [0.2, 0.25) is 0 Å². The molecule has 9 aromatic rings. The van der Waals surface area contributed by atoms with Crippen LogP contribution in [-0.2, 0) is 5.41 Å². The summed E-state index contributed by atoms with van der Waals surface area (Å²) in [6.07, 6.45) is 0. The summed E-state index contributed by atoms with van der Waals surface area (Å²) in [5.41, 5.74) is 12.6. The molecule has 0 aliphatic heterocycles. The number of hydrogen-bond acceptors (Lipinski definition) is 3. The van der Waals surface area contributed by atoms with Crippen molar-refractivity contribution in [2.75, 3.05) is 0 Å². The second-order valence-corrected chi connectivity index (χ2v) is 13.0. The molecule has 0 bridgehead atoms. The number of fused-ring (bicyclic) bond motifs is 10. The van der Waals surface area contributed by atoms with Crippen LogP contribution in [-0.4, -0.2) is 14.5 Å². The summed E-state index contributed by atoms with van der Waals surface area (Å²) in [6.45, 7) is 4.55. The van der Waals surface area contributed by atoms with E-state index in [0.717, 1.165) is 83.3 Å². The van der Waals surface area contributed by atoms with E-state index in [9.17, 15) is 0 Å². The minimum atomic E-state index is -0.254. The number of hydrogen-bond donors (Lipinski definition) is 0. The van der Waals surface area contributed by atoms with E-state index in [1.54, 1.807) is 0 Å². The van der Waals surface area contributed by atoms with E-state index in [-0.39, 0.29) is 5.41 Å². The Morgan fingerprint density at radius 2 is 1.34 bits per heavy atom. The van der Waals surface area contributed by atoms with Crippen molar-refractivity contribution in [2.45, 2.75) is 19.3 Å². The summed E-state index contributed by atoms with van der Waals surface area (Å²) >= 11 is 0. The second-order valence-electron chi connectivity index (χ2n) is 13.0. The van der Waals surface area contributed by atoms with Crippen molar-refractivity contribution in [1.82, 2.24) is 14.5 Å². The zero-order valence-corrected chi connectivity index (χ0v) is 26.0. The summed E-state index contributed by atoms with van der Waals surface area (Å²) < 4.78 is 8.87. The minimum Gasteiger partial charge on any atom is -0.455 e. The Morgan fingerprint density at radius 1 is 0.596 bits per heavy atom. The summed E-state index contributed by atoms with van der Waals surface area (Å²) in [5, 5.41) is 4.56. The molecule has 3 heterocycles. The zero-order chi connectivity index (χ0) is 31.3. The molecule has 0 spiro atoms. The van der Waals surface area contributed by atoms with Crippen LogP contribution in [0.25, 0.3) is 83.2 Å². The average molecular weight is 604 g/mol. The van der Waals surface area contributed by atoms with Gasteiger partial charge in [-0.1, -0.05) is 117 Å². The highest BCUT2D eigenvalue weighted by Crippen LogP contribution is 2.51. The molecule has 4 heteroatoms. The van der Waals surface area contributed by atoms with Gasteiger partial charge in [-0.05, 0) is 47.5 Å². The van der Waals surface area contributed by atoms with Gasteiger partial charge in [0.1, 0.15) is 11.2 Å². The van der Waals surface area contributed by atoms with Crippen molar-refractivity contribution in [1.29, 1.82) is 0 Å². The van der Waals surface area contributed by atoms with E-state index in [1.165, 1.54) is 11.1 Å². The molecule has 4 nitrogen and oxygen atoms in total. The maximum atomic E-state index is 6.53. The maximum absolute atomic E-state index is 6.53. The Labute approximate surface area is 271 Å². The monoisotopic (exact) mass is 603 g/mol. The first-order chi connectivity index (χ1) is 23.1. The number of benzene rings is 6. The quantitative estimate of drug-likeness (QED) is 0.202. The number of rotatable bonds is 3. The average Bonchev–Trinajstić information content (AvgIpc) is 3.74. The predicted molar refractivity (Wildman–Crippen MR) is 192 cm³/mol. The smallest absolute Gasteiger partial charge is 0.160 e. The van der Waals surface area contributed by atoms with Crippen LogP contribution < -0.4 is 0 Å². The lowest BCUT2D eigenvalue weighted by molar-refractivity contribution is 0.636. The van der Waals surface area contributed by atoms with Gasteiger partial charge >= 0.3 is 0 Å². The number of nitrogens with zero attached hydrogens (tertiary/aromatic N) is 3. The van der Waals surface area contributed by atoms with E-state index < -0.39 is 0 Å². The van der Waals surface area contributed by atoms with Gasteiger partial charge in [-0.25, -0.2) is 9.97 Å². The molecular weight excluding hydrogens is 574 g/mol. The fraction of sp³-hybridized carbons (Fsp3) is 0.0698. The third-order valence-corrected chi connectivity index (χ3v) is 9.96. The van der Waals surface area contributed by atoms with Crippen molar-refractivity contribution in [2.24, 2.45) is 0 Å². The second kappa shape index (κ2) is 9.51. The first-order valence-corrected chi connectivity index (χ1v) is 16.1. The van der Waals surface area contributed by atoms with Crippen LogP contribution in [0.3, 0.4) is 0 Å². The Kier molecular flexibility index (Phi) is 5.31. The molecule has 0 fully saturated rings. The van der Waals surface area contributed by atoms with Gasteiger partial charge in [0.05, 0.1) is 27.8 Å². The van der Waals surface area contributed by atoms with Gasteiger partial charge in [0.15, 0.2) is 5.82 Å². The molecule has 0 unspecified atom stereocenters. The molecule has 0 N–H and O–H groups in total. The first kappa shape index (κ1) is 26.2. The van der Waals surface area contributed by atoms with Gasteiger partial charge in [0, 0.05) is 44.0 Å². The lowest BCUT2D eigenvalue weighted by atomic mass is 9.85. The minimum absolute atomic E-state index is 0.254. The van der Waals surface area contributed by atoms with Crippen LogP contribution in [0.5, 0.6) is 0 Å². The molecule has 0 saturated heterocycles. The van der Waals surface area contributed by atoms with Crippen molar-refractivity contribution in [3.63, 3.8) is 0 Å². The fourth-order valence-corrected chi connectivity index (χ4v) is 7.77. The van der Waals surface area contributed by atoms with Crippen LogP contribution in [0.1, 0.15) is 25.1 Å². The van der Waals surface area contributed by atoms with Crippen LogP contribution in [0, 0.1) is 0 Å². The molecule has 47 heavy (non-hydrogen) atoms. The zero-order valence-electron chi connectivity index (χ0n) is 26.0. The maximum Gasteiger partial charge on any atom is 0.160 e. The van der Waals surface area contributed by atoms with Crippen LogP contribution in [0.4, 0.5) is 0 Å². The molecular formula is C43H29N3O. The van der Waals surface area contributed by atoms with Gasteiger partial charge in [-0.3, -0.25) is 0 Å². The Hall–Kier alpha value is -6.00. The molecule has 1 aliphatic rings. The Balaban J connectivity index is 1.22. The third-order valence-electron chi connectivity index (χ3n) is 9.96. The molecule has 1 aliphatic carbocycles. The standard InChI is InChI=1S/C43H29N3O/c1-43(2)33-20-9-6-18-31(33)38-39(26-13-4-3-5-14-26)44-42(45-41(38)43)27-15-12-16-28(25-27)46-34-21-10-7-19-32(34)37-35(46)24-23-30-29-17-8-11-22-36(29)47-40(30)37/h3-25H,1-2H3. The topological polar surface area (TPSA) is 43.9 Å². The Morgan fingerprint density at radius 3 is 2.23 bits per heavy atom. The number of para-hydroxylation sites is 2. The summed E-state index contributed by atoms with van der Waals surface area (Å²) in [4.78, 5) is 10.7. The van der Waals surface area contributed by atoms with Crippen LogP contribution in [0.15, 0.2) is 144 Å². The Bertz CT molecular complexity index is 2710. The van der Waals surface area contributed by atoms with Gasteiger partial charge < -0.3 is 8.98 Å². The first-order valence-electron chi connectivity index (χ1n) is 16.1. The van der Waals surface area contributed by atoms with Gasteiger partial charge in [0.25, 0.3) is 0 Å². The third kappa shape index (κ3) is 3.64. The van der Waals surface area contributed by atoms with Gasteiger partial charge in [-0.2, -0.15) is 0 Å². The highest BCUT2D eigenvalue weighted by molar-refractivity contribution is 6.23. The molecule has 6 aromatic carbocycles. The number of aromatic nitrogens is 3. The van der Waals surface area contributed by atoms with Crippen molar-refractivity contribution >= 4 is 43.7 Å². The summed E-state index contributed by atoms with van der Waals surface area (Å²) in [6, 6.07) is 49.1. The molecule has 0 radical (unpaired) electrons. The molecule has 222 valence electrons. The van der Waals surface area contributed by atoms with Crippen LogP contribution in [0.2, 0.25) is 0 Å². The fourth-order valence-electron chi connectivity index (χ4n) is 7.77. The van der Waals surface area contributed by atoms with E-state index in [4.69, 9.17) is 14.4 Å². The largest absolute Gasteiger partial charge is 0.455 e. The molecule has 3 aromatic heterocycles. The highest BCUT2D eigenvalue weighted by atomic mass is 16.3. The highest BCUT2D eigenvalue weighted by Gasteiger charge is 2.39. The molecule has 10 rings (SSSR count). The SMILES string of the molecule is CC1(C)c2ccccc2-c2c(-c3ccccc3)nc(-c3cccc(-n4c5ccccc5c5c6oc7ccccc7c6ccc54)c3)nc21. The van der Waals surface area contributed by atoms with Crippen LogP contribution >= 0.6 is 0 Å². The lowest BCUT2D eigenvalue weighted by Gasteiger charge is -2.21. The summed E-state index contributed by atoms with van der Waals surface area (Å²) in [5.74, 6) is 0.728. The lowest BCUT2D eigenvalue weighted by Crippen LogP contribution is -2.17. The van der Waals surface area contributed by atoms with E-state index in [2.05, 4.69) is 146 Å². The molecule has 0 saturated carbocycles. The normalized spacial score (nSPS) is 13.5. The predicted octanol–water partition coefficient (Wildman–Crippen LogP) is 11.1. The molecule has 0 atom stereocenters. The van der Waals surface area contributed by atoms with E-state index in [1.807, 2.05) is 12.1 Å². The van der Waals surface area contributed by atoms with E-state index in [0.29, 0.717) is 0 Å². The number of furan rings is 1. The van der Waals surface area contributed by atoms with Crippen molar-refractivity contribution in [3.05, 3.63) is 151 Å². The molecule has 0 amide bonds. The van der Waals surface area contributed by atoms with Crippen molar-refractivity contribution < 1.29 is 4.42 Å². The van der Waals surface area contributed by atoms with E-state index >= 15 is 0 Å². The van der Waals surface area contributed by atoms with Crippen molar-refractivity contribution in [3.8, 4) is 39.5 Å². The summed E-state index contributed by atoms with van der Waals surface area (Å²) in [7, 11) is 0. The van der Waals surface area contributed by atoms with Gasteiger partial charge in [-0.15, -0.1) is 0 Å².